The Bertz CT molecular complexity index is 1010. The van der Waals surface area contributed by atoms with Gasteiger partial charge in [-0.25, -0.2) is 0 Å². The summed E-state index contributed by atoms with van der Waals surface area (Å²) >= 11 is 5.95. The highest BCUT2D eigenvalue weighted by Gasteiger charge is 2.22. The Hall–Kier alpha value is -3.33. The highest BCUT2D eigenvalue weighted by atomic mass is 35.5. The zero-order valence-electron chi connectivity index (χ0n) is 15.8. The highest BCUT2D eigenvalue weighted by molar-refractivity contribution is 6.30. The fourth-order valence-corrected chi connectivity index (χ4v) is 2.90. The molecule has 1 amide bonds. The molecule has 0 spiro atoms. The van der Waals surface area contributed by atoms with Gasteiger partial charge in [0.25, 0.3) is 5.91 Å². The molecule has 3 rings (SSSR count). The average molecular weight is 407 g/mol. The number of nitrogens with one attached hydrogen (secondary N) is 1. The summed E-state index contributed by atoms with van der Waals surface area (Å²) in [6.07, 6.45) is 6.09. The van der Waals surface area contributed by atoms with Crippen molar-refractivity contribution in [2.75, 3.05) is 19.0 Å². The van der Waals surface area contributed by atoms with E-state index < -0.39 is 6.10 Å². The first-order valence-corrected chi connectivity index (χ1v) is 9.21. The number of rotatable bonds is 7. The molecule has 0 radical (unpaired) electrons. The van der Waals surface area contributed by atoms with Crippen molar-refractivity contribution >= 4 is 23.2 Å². The number of benzene rings is 2. The van der Waals surface area contributed by atoms with Gasteiger partial charge in [-0.1, -0.05) is 29.7 Å². The van der Waals surface area contributed by atoms with Gasteiger partial charge in [-0.2, -0.15) is 0 Å². The van der Waals surface area contributed by atoms with Crippen molar-refractivity contribution in [3.05, 3.63) is 77.4 Å². The zero-order valence-corrected chi connectivity index (χ0v) is 16.5. The van der Waals surface area contributed by atoms with Gasteiger partial charge in [-0.05, 0) is 54.1 Å². The van der Waals surface area contributed by atoms with Gasteiger partial charge < -0.3 is 14.8 Å². The van der Waals surface area contributed by atoms with Crippen LogP contribution in [0.5, 0.6) is 5.75 Å². The molecule has 3 aromatic rings. The molecular weight excluding hydrogens is 388 g/mol. The van der Waals surface area contributed by atoms with E-state index in [0.29, 0.717) is 22.0 Å². The van der Waals surface area contributed by atoms with E-state index in [9.17, 15) is 4.79 Å². The van der Waals surface area contributed by atoms with E-state index in [4.69, 9.17) is 27.5 Å². The van der Waals surface area contributed by atoms with Crippen LogP contribution in [0.25, 0.3) is 11.3 Å². The predicted molar refractivity (Wildman–Crippen MR) is 114 cm³/mol. The van der Waals surface area contributed by atoms with Crippen LogP contribution in [0.1, 0.15) is 11.7 Å². The second-order valence-corrected chi connectivity index (χ2v) is 6.50. The van der Waals surface area contributed by atoms with Crippen LogP contribution in [0, 0.1) is 12.3 Å². The lowest BCUT2D eigenvalue weighted by molar-refractivity contribution is -0.126. The van der Waals surface area contributed by atoms with E-state index in [1.807, 2.05) is 24.3 Å². The smallest absolute Gasteiger partial charge is 0.258 e. The lowest BCUT2D eigenvalue weighted by atomic mass is 10.1. The van der Waals surface area contributed by atoms with Crippen molar-refractivity contribution in [2.24, 2.45) is 0 Å². The molecule has 0 fully saturated rings. The van der Waals surface area contributed by atoms with Gasteiger partial charge in [0, 0.05) is 16.8 Å². The molecule has 146 valence electrons. The van der Waals surface area contributed by atoms with Gasteiger partial charge in [0.15, 0.2) is 6.10 Å². The molecule has 6 heteroatoms. The van der Waals surface area contributed by atoms with Crippen LogP contribution in [0.3, 0.4) is 0 Å². The van der Waals surface area contributed by atoms with Gasteiger partial charge in [0.05, 0.1) is 18.5 Å². The molecule has 1 aromatic heterocycles. The number of halogens is 1. The van der Waals surface area contributed by atoms with E-state index in [2.05, 4.69) is 16.2 Å². The topological polar surface area (TPSA) is 60.5 Å². The van der Waals surface area contributed by atoms with Gasteiger partial charge >= 0.3 is 0 Å². The Morgan fingerprint density at radius 2 is 1.90 bits per heavy atom. The molecule has 0 aliphatic rings. The molecule has 0 saturated heterocycles. The molecule has 0 aliphatic carbocycles. The molecule has 5 nitrogen and oxygen atoms in total. The maximum Gasteiger partial charge on any atom is 0.258 e. The number of aromatic nitrogens is 1. The van der Waals surface area contributed by atoms with E-state index in [-0.39, 0.29) is 12.5 Å². The van der Waals surface area contributed by atoms with Gasteiger partial charge in [-0.15, -0.1) is 6.42 Å². The average Bonchev–Trinajstić information content (AvgIpc) is 2.76. The Morgan fingerprint density at radius 3 is 2.55 bits per heavy atom. The van der Waals surface area contributed by atoms with Crippen LogP contribution in [0.15, 0.2) is 66.9 Å². The molecular formula is C23H19ClN2O3. The van der Waals surface area contributed by atoms with E-state index in [1.165, 1.54) is 0 Å². The Kier molecular flexibility index (Phi) is 6.85. The third-order valence-corrected chi connectivity index (χ3v) is 4.43. The first-order valence-electron chi connectivity index (χ1n) is 8.83. The summed E-state index contributed by atoms with van der Waals surface area (Å²) in [6, 6.07) is 17.8. The largest absolute Gasteiger partial charge is 0.497 e. The second kappa shape index (κ2) is 9.74. The summed E-state index contributed by atoms with van der Waals surface area (Å²) in [7, 11) is 1.61. The number of anilines is 1. The van der Waals surface area contributed by atoms with Crippen LogP contribution >= 0.6 is 11.6 Å². The number of hydrogen-bond donors (Lipinski definition) is 1. The van der Waals surface area contributed by atoms with Crippen molar-refractivity contribution in [1.82, 2.24) is 4.98 Å². The van der Waals surface area contributed by atoms with E-state index in [1.54, 1.807) is 49.7 Å². The lowest BCUT2D eigenvalue weighted by Crippen LogP contribution is -2.24. The van der Waals surface area contributed by atoms with Crippen LogP contribution in [-0.2, 0) is 9.53 Å². The van der Waals surface area contributed by atoms with E-state index >= 15 is 0 Å². The van der Waals surface area contributed by atoms with Gasteiger partial charge in [0.2, 0.25) is 0 Å². The number of nitrogens with zero attached hydrogens (tertiary/aromatic N) is 1. The monoisotopic (exact) mass is 406 g/mol. The summed E-state index contributed by atoms with van der Waals surface area (Å²) in [5.41, 5.74) is 2.69. The highest BCUT2D eigenvalue weighted by Crippen LogP contribution is 2.29. The first kappa shape index (κ1) is 20.4. The van der Waals surface area contributed by atoms with Gasteiger partial charge in [-0.3, -0.25) is 9.78 Å². The summed E-state index contributed by atoms with van der Waals surface area (Å²) in [4.78, 5) is 17.4. The summed E-state index contributed by atoms with van der Waals surface area (Å²) < 4.78 is 10.8. The Labute approximate surface area is 174 Å². The molecule has 0 bridgehead atoms. The molecule has 29 heavy (non-hydrogen) atoms. The minimum absolute atomic E-state index is 0.000903. The van der Waals surface area contributed by atoms with Crippen molar-refractivity contribution in [2.45, 2.75) is 6.10 Å². The Balaban J connectivity index is 1.88. The molecule has 0 saturated carbocycles. The fraction of sp³-hybridized carbons (Fsp3) is 0.130. The lowest BCUT2D eigenvalue weighted by Gasteiger charge is -2.18. The van der Waals surface area contributed by atoms with E-state index in [0.717, 1.165) is 11.3 Å². The number of carbonyl (C=O) groups is 1. The third-order valence-electron chi connectivity index (χ3n) is 4.17. The maximum atomic E-state index is 13.0. The minimum Gasteiger partial charge on any atom is -0.497 e. The number of hydrogen-bond acceptors (Lipinski definition) is 4. The third kappa shape index (κ3) is 5.14. The maximum absolute atomic E-state index is 13.0. The number of ether oxygens (including phenoxy) is 2. The normalized spacial score (nSPS) is 11.3. The number of pyridine rings is 1. The van der Waals surface area contributed by atoms with Crippen molar-refractivity contribution in [3.8, 4) is 29.4 Å². The van der Waals surface area contributed by atoms with Crippen LogP contribution < -0.4 is 10.1 Å². The minimum atomic E-state index is -0.882. The van der Waals surface area contributed by atoms with Crippen molar-refractivity contribution in [1.29, 1.82) is 0 Å². The molecule has 1 unspecified atom stereocenters. The van der Waals surface area contributed by atoms with Crippen molar-refractivity contribution in [3.63, 3.8) is 0 Å². The molecule has 1 atom stereocenters. The molecule has 1 N–H and O–H groups in total. The standard InChI is InChI=1S/C23H19ClN2O3/c1-3-15-29-22(17-6-10-18(24)11-7-17)23(27)26-20-5-4-14-25-21(20)16-8-12-19(28-2)13-9-16/h1,4-14,22H,15H2,2H3,(H,26,27). The molecule has 2 aromatic carbocycles. The number of terminal acetylenes is 1. The van der Waals surface area contributed by atoms with Crippen molar-refractivity contribution < 1.29 is 14.3 Å². The van der Waals surface area contributed by atoms with Gasteiger partial charge in [0.1, 0.15) is 12.4 Å². The number of methoxy groups -OCH3 is 1. The zero-order chi connectivity index (χ0) is 20.6. The summed E-state index contributed by atoms with van der Waals surface area (Å²) in [5, 5.41) is 3.47. The number of carbonyl (C=O) groups excluding carboxylic acids is 1. The van der Waals surface area contributed by atoms with Crippen LogP contribution in [-0.4, -0.2) is 24.6 Å². The fourth-order valence-electron chi connectivity index (χ4n) is 2.78. The second-order valence-electron chi connectivity index (χ2n) is 6.06. The quantitative estimate of drug-likeness (QED) is 0.576. The first-order chi connectivity index (χ1) is 14.1. The van der Waals surface area contributed by atoms with Crippen LogP contribution in [0.2, 0.25) is 5.02 Å². The van der Waals surface area contributed by atoms with Crippen LogP contribution in [0.4, 0.5) is 5.69 Å². The SMILES string of the molecule is C#CCOC(C(=O)Nc1cccnc1-c1ccc(OC)cc1)c1ccc(Cl)cc1. The Morgan fingerprint density at radius 1 is 1.17 bits per heavy atom. The molecule has 1 heterocycles. The number of amides is 1. The predicted octanol–water partition coefficient (Wildman–Crippen LogP) is 4.74. The summed E-state index contributed by atoms with van der Waals surface area (Å²) in [5.74, 6) is 2.77. The summed E-state index contributed by atoms with van der Waals surface area (Å²) in [6.45, 7) is -0.000903. The molecule has 0 aliphatic heterocycles.